The van der Waals surface area contributed by atoms with Gasteiger partial charge in [-0.2, -0.15) is 5.10 Å². The molecule has 14 heteroatoms. The van der Waals surface area contributed by atoms with E-state index in [0.717, 1.165) is 23.2 Å². The van der Waals surface area contributed by atoms with Crippen LogP contribution in [0.4, 0.5) is 11.4 Å². The van der Waals surface area contributed by atoms with E-state index in [-0.39, 0.29) is 34.9 Å². The van der Waals surface area contributed by atoms with Crippen molar-refractivity contribution in [2.45, 2.75) is 23.8 Å². The number of carbonyl (C=O) groups is 2. The number of nitro benzene ring substituents is 1. The van der Waals surface area contributed by atoms with Crippen LogP contribution in [0.25, 0.3) is 0 Å². The van der Waals surface area contributed by atoms with Crippen LogP contribution in [0.1, 0.15) is 18.4 Å². The first-order valence-electron chi connectivity index (χ1n) is 13.0. The second-order valence-corrected chi connectivity index (χ2v) is 11.1. The number of nitrogens with one attached hydrogen (secondary N) is 2. The number of hydrogen-bond donors (Lipinski definition) is 2. The number of anilines is 1. The van der Waals surface area contributed by atoms with Gasteiger partial charge >= 0.3 is 0 Å². The predicted molar refractivity (Wildman–Crippen MR) is 154 cm³/mol. The van der Waals surface area contributed by atoms with E-state index < -0.39 is 27.4 Å². The number of rotatable bonds is 13. The molecule has 220 valence electrons. The molecule has 1 aliphatic rings. The molecule has 2 amide bonds. The number of nitro groups is 1. The lowest BCUT2D eigenvalue weighted by Crippen LogP contribution is -2.39. The standard InChI is InChI=1S/C28H29N5O8S/c34-27(19-32(22-6-4-7-23(16-22)33(36)37)42(38,39)26-9-2-1-3-10-26)31-30-17-21-11-13-24(14-12-21)41-20-28(35)29-18-25-8-5-15-40-25/h1-4,6-7,9-14,16-17,25H,5,8,15,18-20H2,(H,29,35)(H,31,34)/b30-17-/t25-/m1/s1. The van der Waals surface area contributed by atoms with Gasteiger partial charge < -0.3 is 14.8 Å². The highest BCUT2D eigenvalue weighted by Gasteiger charge is 2.28. The summed E-state index contributed by atoms with van der Waals surface area (Å²) < 4.78 is 38.5. The lowest BCUT2D eigenvalue weighted by molar-refractivity contribution is -0.384. The molecule has 0 aliphatic carbocycles. The van der Waals surface area contributed by atoms with Gasteiger partial charge in [0, 0.05) is 25.3 Å². The lowest BCUT2D eigenvalue weighted by Gasteiger charge is -2.23. The summed E-state index contributed by atoms with van der Waals surface area (Å²) in [6.45, 7) is 0.330. The molecule has 3 aromatic carbocycles. The molecule has 1 saturated heterocycles. The van der Waals surface area contributed by atoms with Gasteiger partial charge in [0.2, 0.25) is 0 Å². The normalized spacial score (nSPS) is 14.8. The number of ether oxygens (including phenoxy) is 2. The van der Waals surface area contributed by atoms with E-state index in [1.165, 1.54) is 48.7 Å². The third-order valence-electron chi connectivity index (χ3n) is 6.15. The van der Waals surface area contributed by atoms with Gasteiger partial charge in [-0.3, -0.25) is 24.0 Å². The number of carbonyl (C=O) groups excluding carboxylic acids is 2. The molecular weight excluding hydrogens is 566 g/mol. The van der Waals surface area contributed by atoms with Crippen LogP contribution in [-0.2, 0) is 24.3 Å². The molecule has 0 radical (unpaired) electrons. The maximum Gasteiger partial charge on any atom is 0.271 e. The summed E-state index contributed by atoms with van der Waals surface area (Å²) in [5.41, 5.74) is 2.50. The van der Waals surface area contributed by atoms with Crippen molar-refractivity contribution in [2.75, 3.05) is 30.6 Å². The first-order valence-corrected chi connectivity index (χ1v) is 14.4. The molecule has 13 nitrogen and oxygen atoms in total. The predicted octanol–water partition coefficient (Wildman–Crippen LogP) is 2.61. The lowest BCUT2D eigenvalue weighted by atomic mass is 10.2. The largest absolute Gasteiger partial charge is 0.484 e. The van der Waals surface area contributed by atoms with Crippen LogP contribution in [0.3, 0.4) is 0 Å². The van der Waals surface area contributed by atoms with E-state index in [4.69, 9.17) is 9.47 Å². The second kappa shape index (κ2) is 14.2. The topological polar surface area (TPSA) is 170 Å². The van der Waals surface area contributed by atoms with Gasteiger partial charge in [-0.1, -0.05) is 24.3 Å². The Labute approximate surface area is 242 Å². The van der Waals surface area contributed by atoms with E-state index in [1.54, 1.807) is 30.3 Å². The van der Waals surface area contributed by atoms with Crippen molar-refractivity contribution in [3.05, 3.63) is 94.5 Å². The molecule has 3 aromatic rings. The molecular formula is C28H29N5O8S. The molecule has 1 fully saturated rings. The van der Waals surface area contributed by atoms with E-state index in [0.29, 0.717) is 24.5 Å². The molecule has 4 rings (SSSR count). The van der Waals surface area contributed by atoms with Gasteiger partial charge in [0.25, 0.3) is 27.5 Å². The molecule has 2 N–H and O–H groups in total. The summed E-state index contributed by atoms with van der Waals surface area (Å²) in [4.78, 5) is 35.2. The molecule has 1 aliphatic heterocycles. The Morgan fingerprint density at radius 3 is 2.52 bits per heavy atom. The van der Waals surface area contributed by atoms with Crippen molar-refractivity contribution in [2.24, 2.45) is 5.10 Å². The first kappa shape index (κ1) is 30.1. The van der Waals surface area contributed by atoms with Gasteiger partial charge in [-0.15, -0.1) is 0 Å². The average Bonchev–Trinajstić information content (AvgIpc) is 3.53. The molecule has 1 atom stereocenters. The SMILES string of the molecule is O=C(COc1ccc(/C=N\NC(=O)CN(c2cccc([N+](=O)[O-])c2)S(=O)(=O)c2ccccc2)cc1)NC[C@H]1CCCO1. The Kier molecular flexibility index (Phi) is 10.2. The van der Waals surface area contributed by atoms with Gasteiger partial charge in [0.15, 0.2) is 6.61 Å². The minimum atomic E-state index is -4.24. The van der Waals surface area contributed by atoms with Crippen molar-refractivity contribution in [1.29, 1.82) is 0 Å². The Hall–Kier alpha value is -4.82. The zero-order chi connectivity index (χ0) is 30.0. The Morgan fingerprint density at radius 1 is 1.07 bits per heavy atom. The number of sulfonamides is 1. The number of nitrogens with zero attached hydrogens (tertiary/aromatic N) is 3. The zero-order valence-corrected chi connectivity index (χ0v) is 23.2. The first-order chi connectivity index (χ1) is 20.2. The van der Waals surface area contributed by atoms with Crippen molar-refractivity contribution in [1.82, 2.24) is 10.7 Å². The van der Waals surface area contributed by atoms with Crippen molar-refractivity contribution < 1.29 is 32.4 Å². The van der Waals surface area contributed by atoms with Crippen LogP contribution in [0.2, 0.25) is 0 Å². The van der Waals surface area contributed by atoms with Gasteiger partial charge in [0.05, 0.1) is 27.8 Å². The highest BCUT2D eigenvalue weighted by atomic mass is 32.2. The van der Waals surface area contributed by atoms with E-state index in [9.17, 15) is 28.1 Å². The van der Waals surface area contributed by atoms with Gasteiger partial charge in [0.1, 0.15) is 12.3 Å². The molecule has 0 bridgehead atoms. The monoisotopic (exact) mass is 595 g/mol. The van der Waals surface area contributed by atoms with Gasteiger partial charge in [-0.05, 0) is 60.9 Å². The quantitative estimate of drug-likeness (QED) is 0.173. The fraction of sp³-hybridized carbons (Fsp3) is 0.250. The Balaban J connectivity index is 1.35. The van der Waals surface area contributed by atoms with Crippen LogP contribution in [0, 0.1) is 10.1 Å². The minimum Gasteiger partial charge on any atom is -0.484 e. The number of hydrogen-bond acceptors (Lipinski definition) is 9. The molecule has 0 aromatic heterocycles. The summed E-state index contributed by atoms with van der Waals surface area (Å²) in [5.74, 6) is -0.569. The van der Waals surface area contributed by atoms with Crippen LogP contribution in [-0.4, -0.2) is 63.8 Å². The van der Waals surface area contributed by atoms with E-state index >= 15 is 0 Å². The Morgan fingerprint density at radius 2 is 1.83 bits per heavy atom. The highest BCUT2D eigenvalue weighted by Crippen LogP contribution is 2.26. The number of amides is 2. The van der Waals surface area contributed by atoms with E-state index in [2.05, 4.69) is 15.8 Å². The van der Waals surface area contributed by atoms with Gasteiger partial charge in [-0.25, -0.2) is 13.8 Å². The fourth-order valence-corrected chi connectivity index (χ4v) is 5.46. The fourth-order valence-electron chi connectivity index (χ4n) is 4.02. The average molecular weight is 596 g/mol. The summed E-state index contributed by atoms with van der Waals surface area (Å²) in [7, 11) is -4.24. The number of non-ortho nitro benzene ring substituents is 1. The maximum absolute atomic E-state index is 13.4. The summed E-state index contributed by atoms with van der Waals surface area (Å²) >= 11 is 0. The summed E-state index contributed by atoms with van der Waals surface area (Å²) in [6.07, 6.45) is 3.31. The molecule has 42 heavy (non-hydrogen) atoms. The molecule has 0 unspecified atom stereocenters. The number of hydrazone groups is 1. The van der Waals surface area contributed by atoms with Crippen LogP contribution < -0.4 is 19.8 Å². The summed E-state index contributed by atoms with van der Waals surface area (Å²) in [6, 6.07) is 19.0. The van der Waals surface area contributed by atoms with Crippen LogP contribution >= 0.6 is 0 Å². The molecule has 0 spiro atoms. The Bertz CT molecular complexity index is 1530. The maximum atomic E-state index is 13.4. The smallest absolute Gasteiger partial charge is 0.271 e. The molecule has 0 saturated carbocycles. The van der Waals surface area contributed by atoms with Crippen LogP contribution in [0.15, 0.2) is 88.9 Å². The van der Waals surface area contributed by atoms with E-state index in [1.807, 2.05) is 0 Å². The third-order valence-corrected chi connectivity index (χ3v) is 7.94. The highest BCUT2D eigenvalue weighted by molar-refractivity contribution is 7.92. The second-order valence-electron chi connectivity index (χ2n) is 9.19. The number of benzene rings is 3. The van der Waals surface area contributed by atoms with Crippen LogP contribution in [0.5, 0.6) is 5.75 Å². The third kappa shape index (κ3) is 8.34. The van der Waals surface area contributed by atoms with Crippen molar-refractivity contribution in [3.63, 3.8) is 0 Å². The molecule has 1 heterocycles. The van der Waals surface area contributed by atoms with Crippen molar-refractivity contribution >= 4 is 39.4 Å². The zero-order valence-electron chi connectivity index (χ0n) is 22.4. The minimum absolute atomic E-state index is 0.0455. The van der Waals surface area contributed by atoms with Crippen molar-refractivity contribution in [3.8, 4) is 5.75 Å². The summed E-state index contributed by atoms with van der Waals surface area (Å²) in [5, 5.41) is 17.9.